The molecule has 1 aromatic heterocycles. The largest absolute Gasteiger partial charge is 0.494 e. The van der Waals surface area contributed by atoms with Crippen LogP contribution in [0.4, 0.5) is 5.69 Å². The summed E-state index contributed by atoms with van der Waals surface area (Å²) in [5.41, 5.74) is 2.91. The van der Waals surface area contributed by atoms with E-state index in [0.717, 1.165) is 53.8 Å². The first-order valence-corrected chi connectivity index (χ1v) is 11.6. The highest BCUT2D eigenvalue weighted by Crippen LogP contribution is 2.28. The Kier molecular flexibility index (Phi) is 7.27. The molecule has 162 valence electrons. The fourth-order valence-corrected chi connectivity index (χ4v) is 4.40. The minimum absolute atomic E-state index is 0.0675. The van der Waals surface area contributed by atoms with E-state index >= 15 is 0 Å². The van der Waals surface area contributed by atoms with Gasteiger partial charge in [0, 0.05) is 12.3 Å². The van der Waals surface area contributed by atoms with Crippen molar-refractivity contribution in [1.29, 1.82) is 0 Å². The van der Waals surface area contributed by atoms with Crippen molar-refractivity contribution in [3.8, 4) is 17.0 Å². The molecule has 0 radical (unpaired) electrons. The summed E-state index contributed by atoms with van der Waals surface area (Å²) in [5, 5.41) is 3.77. The van der Waals surface area contributed by atoms with Crippen LogP contribution in [-0.4, -0.2) is 40.5 Å². The minimum atomic E-state index is -0.0675. The van der Waals surface area contributed by atoms with Crippen molar-refractivity contribution in [2.75, 3.05) is 24.3 Å². The Morgan fingerprint density at radius 1 is 1.23 bits per heavy atom. The number of nitrogens with one attached hydrogen (secondary N) is 1. The van der Waals surface area contributed by atoms with Crippen molar-refractivity contribution in [2.24, 2.45) is 0 Å². The van der Waals surface area contributed by atoms with E-state index in [4.69, 9.17) is 9.47 Å². The number of nitrogens with zero attached hydrogens (tertiary/aromatic N) is 2. The van der Waals surface area contributed by atoms with Crippen LogP contribution in [0.3, 0.4) is 0 Å². The molecule has 4 rings (SSSR count). The summed E-state index contributed by atoms with van der Waals surface area (Å²) in [6, 6.07) is 17.6. The molecule has 1 aliphatic rings. The number of carbonyl (C=O) groups is 1. The maximum atomic E-state index is 12.5. The second-order valence-corrected chi connectivity index (χ2v) is 8.27. The van der Waals surface area contributed by atoms with Crippen LogP contribution in [0.5, 0.6) is 5.75 Å². The van der Waals surface area contributed by atoms with E-state index in [1.807, 2.05) is 55.6 Å². The Morgan fingerprint density at radius 2 is 2.03 bits per heavy atom. The third-order valence-electron chi connectivity index (χ3n) is 5.08. The number of carbonyl (C=O) groups excluding carboxylic acids is 1. The molecule has 1 aliphatic heterocycles. The van der Waals surface area contributed by atoms with Crippen molar-refractivity contribution < 1.29 is 14.3 Å². The quantitative estimate of drug-likeness (QED) is 0.485. The lowest BCUT2D eigenvalue weighted by Crippen LogP contribution is -2.18. The van der Waals surface area contributed by atoms with E-state index in [-0.39, 0.29) is 17.8 Å². The molecule has 1 atom stereocenters. The lowest BCUT2D eigenvalue weighted by molar-refractivity contribution is -0.113. The van der Waals surface area contributed by atoms with Gasteiger partial charge in [0.25, 0.3) is 0 Å². The van der Waals surface area contributed by atoms with Gasteiger partial charge in [0.2, 0.25) is 5.91 Å². The molecule has 2 heterocycles. The molecule has 31 heavy (non-hydrogen) atoms. The molecule has 0 unspecified atom stereocenters. The molecular formula is C24H27N3O3S. The molecule has 0 aliphatic carbocycles. The minimum Gasteiger partial charge on any atom is -0.494 e. The Hall–Kier alpha value is -2.77. The van der Waals surface area contributed by atoms with Crippen LogP contribution in [0.15, 0.2) is 66.0 Å². The van der Waals surface area contributed by atoms with Gasteiger partial charge in [0.1, 0.15) is 5.75 Å². The average Bonchev–Trinajstić information content (AvgIpc) is 3.45. The highest BCUT2D eigenvalue weighted by atomic mass is 32.2. The third kappa shape index (κ3) is 5.68. The maximum Gasteiger partial charge on any atom is 0.234 e. The Labute approximate surface area is 187 Å². The van der Waals surface area contributed by atoms with Gasteiger partial charge in [-0.15, -0.1) is 0 Å². The first kappa shape index (κ1) is 21.5. The zero-order valence-corrected chi connectivity index (χ0v) is 18.4. The SMILES string of the molecule is CCOc1ccc(NC(=O)CSc2ncc(-c3ccccc3)n2C[C@@H]2CCCO2)cc1. The van der Waals surface area contributed by atoms with Crippen LogP contribution < -0.4 is 10.1 Å². The third-order valence-corrected chi connectivity index (χ3v) is 6.07. The number of hydrogen-bond acceptors (Lipinski definition) is 5. The fourth-order valence-electron chi connectivity index (χ4n) is 3.61. The molecule has 1 N–H and O–H groups in total. The van der Waals surface area contributed by atoms with Crippen molar-refractivity contribution in [2.45, 2.75) is 37.6 Å². The number of ether oxygens (including phenoxy) is 2. The number of benzene rings is 2. The van der Waals surface area contributed by atoms with Crippen molar-refractivity contribution >= 4 is 23.4 Å². The Morgan fingerprint density at radius 3 is 2.74 bits per heavy atom. The van der Waals surface area contributed by atoms with Crippen LogP contribution in [0.2, 0.25) is 0 Å². The number of thioether (sulfide) groups is 1. The van der Waals surface area contributed by atoms with Crippen molar-refractivity contribution in [1.82, 2.24) is 9.55 Å². The number of amides is 1. The zero-order valence-electron chi connectivity index (χ0n) is 17.6. The summed E-state index contributed by atoms with van der Waals surface area (Å²) in [7, 11) is 0. The summed E-state index contributed by atoms with van der Waals surface area (Å²) in [4.78, 5) is 17.1. The monoisotopic (exact) mass is 437 g/mol. The summed E-state index contributed by atoms with van der Waals surface area (Å²) in [6.45, 7) is 4.12. The molecule has 3 aromatic rings. The lowest BCUT2D eigenvalue weighted by Gasteiger charge is -2.16. The number of imidazole rings is 1. The number of aromatic nitrogens is 2. The topological polar surface area (TPSA) is 65.4 Å². The van der Waals surface area contributed by atoms with E-state index in [2.05, 4.69) is 27.0 Å². The summed E-state index contributed by atoms with van der Waals surface area (Å²) < 4.78 is 13.5. The van der Waals surface area contributed by atoms with Gasteiger partial charge in [0.05, 0.1) is 36.9 Å². The molecule has 1 amide bonds. The van der Waals surface area contributed by atoms with Crippen molar-refractivity contribution in [3.05, 3.63) is 60.8 Å². The van der Waals surface area contributed by atoms with Gasteiger partial charge in [-0.3, -0.25) is 4.79 Å². The van der Waals surface area contributed by atoms with Gasteiger partial charge in [-0.05, 0) is 49.6 Å². The van der Waals surface area contributed by atoms with E-state index in [0.29, 0.717) is 6.61 Å². The Balaban J connectivity index is 1.43. The summed E-state index contributed by atoms with van der Waals surface area (Å²) in [5.74, 6) is 1.01. The molecule has 6 nitrogen and oxygen atoms in total. The van der Waals surface area contributed by atoms with Gasteiger partial charge in [-0.1, -0.05) is 42.1 Å². The molecule has 0 bridgehead atoms. The Bertz CT molecular complexity index is 983. The normalized spacial score (nSPS) is 15.7. The second kappa shape index (κ2) is 10.5. The molecule has 0 saturated carbocycles. The highest BCUT2D eigenvalue weighted by Gasteiger charge is 2.21. The van der Waals surface area contributed by atoms with Crippen LogP contribution >= 0.6 is 11.8 Å². The highest BCUT2D eigenvalue weighted by molar-refractivity contribution is 7.99. The van der Waals surface area contributed by atoms with Crippen LogP contribution in [0.25, 0.3) is 11.3 Å². The van der Waals surface area contributed by atoms with Gasteiger partial charge >= 0.3 is 0 Å². The van der Waals surface area contributed by atoms with Crippen molar-refractivity contribution in [3.63, 3.8) is 0 Å². The summed E-state index contributed by atoms with van der Waals surface area (Å²) in [6.07, 6.45) is 4.22. The van der Waals surface area contributed by atoms with Gasteiger partial charge in [-0.25, -0.2) is 4.98 Å². The first-order chi connectivity index (χ1) is 15.2. The van der Waals surface area contributed by atoms with E-state index in [9.17, 15) is 4.79 Å². The van der Waals surface area contributed by atoms with Gasteiger partial charge in [-0.2, -0.15) is 0 Å². The smallest absolute Gasteiger partial charge is 0.234 e. The molecule has 7 heteroatoms. The van der Waals surface area contributed by atoms with E-state index < -0.39 is 0 Å². The standard InChI is InChI=1S/C24H27N3O3S/c1-2-29-20-12-10-19(11-13-20)26-23(28)17-31-24-25-15-22(18-7-4-3-5-8-18)27(24)16-21-9-6-14-30-21/h3-5,7-8,10-13,15,21H,2,6,9,14,16-17H2,1H3,(H,26,28)/t21-/m0/s1. The number of hydrogen-bond donors (Lipinski definition) is 1. The molecule has 2 aromatic carbocycles. The molecular weight excluding hydrogens is 410 g/mol. The fraction of sp³-hybridized carbons (Fsp3) is 0.333. The zero-order chi connectivity index (χ0) is 21.5. The molecule has 1 fully saturated rings. The molecule has 1 saturated heterocycles. The number of anilines is 1. The van der Waals surface area contributed by atoms with E-state index in [1.54, 1.807) is 0 Å². The van der Waals surface area contributed by atoms with E-state index in [1.165, 1.54) is 11.8 Å². The van der Waals surface area contributed by atoms with Crippen LogP contribution in [-0.2, 0) is 16.1 Å². The predicted molar refractivity (Wildman–Crippen MR) is 124 cm³/mol. The maximum absolute atomic E-state index is 12.5. The van der Waals surface area contributed by atoms with Gasteiger partial charge < -0.3 is 19.4 Å². The average molecular weight is 438 g/mol. The van der Waals surface area contributed by atoms with Crippen LogP contribution in [0.1, 0.15) is 19.8 Å². The predicted octanol–water partition coefficient (Wildman–Crippen LogP) is 4.86. The second-order valence-electron chi connectivity index (χ2n) is 7.33. The van der Waals surface area contributed by atoms with Crippen LogP contribution in [0, 0.1) is 0 Å². The molecule has 0 spiro atoms. The lowest BCUT2D eigenvalue weighted by atomic mass is 10.1. The summed E-state index contributed by atoms with van der Waals surface area (Å²) >= 11 is 1.44. The number of rotatable bonds is 9. The van der Waals surface area contributed by atoms with Gasteiger partial charge in [0.15, 0.2) is 5.16 Å². The first-order valence-electron chi connectivity index (χ1n) is 10.6.